The van der Waals surface area contributed by atoms with Crippen LogP contribution in [0.4, 0.5) is 5.69 Å². The topological polar surface area (TPSA) is 72.5 Å². The number of nitrogens with one attached hydrogen (secondary N) is 1. The van der Waals surface area contributed by atoms with Crippen LogP contribution in [-0.2, 0) is 9.59 Å². The Balaban J connectivity index is 1.97. The molecule has 0 bridgehead atoms. The number of rotatable bonds is 7. The molecule has 6 heteroatoms. The van der Waals surface area contributed by atoms with Gasteiger partial charge in [-0.15, -0.1) is 11.8 Å². The minimum Gasteiger partial charge on any atom is -0.425 e. The molecular weight excluding hydrogens is 350 g/mol. The molecule has 0 heterocycles. The van der Waals surface area contributed by atoms with E-state index < -0.39 is 5.97 Å². The lowest BCUT2D eigenvalue weighted by molar-refractivity contribution is -0.131. The summed E-state index contributed by atoms with van der Waals surface area (Å²) in [4.78, 5) is 36.0. The van der Waals surface area contributed by atoms with Crippen molar-refractivity contribution in [2.24, 2.45) is 0 Å². The van der Waals surface area contributed by atoms with Crippen LogP contribution in [0, 0.1) is 6.92 Å². The number of aryl methyl sites for hydroxylation is 1. The van der Waals surface area contributed by atoms with Crippen LogP contribution in [-0.4, -0.2) is 23.4 Å². The van der Waals surface area contributed by atoms with Crippen molar-refractivity contribution < 1.29 is 19.1 Å². The first-order valence-electron chi connectivity index (χ1n) is 8.24. The Labute approximate surface area is 157 Å². The molecule has 0 fully saturated rings. The molecule has 0 aliphatic carbocycles. The summed E-state index contributed by atoms with van der Waals surface area (Å²) in [5, 5.41) is 2.68. The third kappa shape index (κ3) is 5.74. The number of carbonyl (C=O) groups excluding carboxylic acids is 3. The van der Waals surface area contributed by atoms with E-state index in [0.717, 1.165) is 10.5 Å². The first kappa shape index (κ1) is 19.7. The second-order valence-electron chi connectivity index (χ2n) is 5.74. The van der Waals surface area contributed by atoms with E-state index in [4.69, 9.17) is 4.74 Å². The molecule has 26 heavy (non-hydrogen) atoms. The van der Waals surface area contributed by atoms with E-state index in [0.29, 0.717) is 23.4 Å². The van der Waals surface area contributed by atoms with Gasteiger partial charge >= 0.3 is 5.97 Å². The molecule has 0 spiro atoms. The Morgan fingerprint density at radius 1 is 1.08 bits per heavy atom. The van der Waals surface area contributed by atoms with Crippen molar-refractivity contribution >= 4 is 35.1 Å². The van der Waals surface area contributed by atoms with Gasteiger partial charge in [0.15, 0.2) is 5.78 Å². The smallest absolute Gasteiger partial charge is 0.321 e. The fraction of sp³-hybridized carbons (Fsp3) is 0.250. The Kier molecular flexibility index (Phi) is 6.97. The zero-order valence-electron chi connectivity index (χ0n) is 15.0. The van der Waals surface area contributed by atoms with Gasteiger partial charge in [0.05, 0.1) is 11.3 Å². The SMILES string of the molecule is CCC(=O)c1cc(C)ccc1OC(=O)CSc1ccc(NC(C)=O)cc1. The van der Waals surface area contributed by atoms with Gasteiger partial charge in [0.2, 0.25) is 5.91 Å². The molecule has 1 N–H and O–H groups in total. The second-order valence-corrected chi connectivity index (χ2v) is 6.79. The summed E-state index contributed by atoms with van der Waals surface area (Å²) in [6.45, 7) is 5.11. The molecule has 0 radical (unpaired) electrons. The van der Waals surface area contributed by atoms with Crippen LogP contribution < -0.4 is 10.1 Å². The number of anilines is 1. The molecule has 1 amide bonds. The van der Waals surface area contributed by atoms with Gasteiger partial charge in [-0.3, -0.25) is 14.4 Å². The summed E-state index contributed by atoms with van der Waals surface area (Å²) < 4.78 is 5.38. The minimum absolute atomic E-state index is 0.0577. The van der Waals surface area contributed by atoms with Gasteiger partial charge < -0.3 is 10.1 Å². The summed E-state index contributed by atoms with van der Waals surface area (Å²) in [5.74, 6) is -0.196. The Morgan fingerprint density at radius 3 is 2.38 bits per heavy atom. The van der Waals surface area contributed by atoms with Crippen molar-refractivity contribution in [1.82, 2.24) is 0 Å². The minimum atomic E-state index is -0.421. The quantitative estimate of drug-likeness (QED) is 0.341. The number of hydrogen-bond donors (Lipinski definition) is 1. The predicted octanol–water partition coefficient (Wildman–Crippen LogP) is 4.24. The fourth-order valence-corrected chi connectivity index (χ4v) is 2.95. The van der Waals surface area contributed by atoms with Crippen LogP contribution in [0.3, 0.4) is 0 Å². The molecule has 136 valence electrons. The van der Waals surface area contributed by atoms with Crippen LogP contribution >= 0.6 is 11.8 Å². The van der Waals surface area contributed by atoms with Gasteiger partial charge in [0.1, 0.15) is 5.75 Å². The van der Waals surface area contributed by atoms with Gasteiger partial charge in [-0.1, -0.05) is 18.6 Å². The predicted molar refractivity (Wildman–Crippen MR) is 103 cm³/mol. The number of hydrogen-bond acceptors (Lipinski definition) is 5. The molecular formula is C20H21NO4S. The molecule has 0 aliphatic rings. The molecule has 5 nitrogen and oxygen atoms in total. The van der Waals surface area contributed by atoms with E-state index in [1.54, 1.807) is 31.2 Å². The molecule has 0 saturated heterocycles. The fourth-order valence-electron chi connectivity index (χ4n) is 2.27. The summed E-state index contributed by atoms with van der Waals surface area (Å²) in [6, 6.07) is 12.4. The lowest BCUT2D eigenvalue weighted by Crippen LogP contribution is -2.13. The Bertz CT molecular complexity index is 815. The lowest BCUT2D eigenvalue weighted by Gasteiger charge is -2.10. The van der Waals surface area contributed by atoms with Gasteiger partial charge in [0.25, 0.3) is 0 Å². The molecule has 0 aliphatic heterocycles. The van der Waals surface area contributed by atoms with Crippen molar-refractivity contribution in [3.05, 3.63) is 53.6 Å². The monoisotopic (exact) mass is 371 g/mol. The average molecular weight is 371 g/mol. The molecule has 2 aromatic carbocycles. The first-order chi connectivity index (χ1) is 12.4. The highest BCUT2D eigenvalue weighted by Crippen LogP contribution is 2.24. The molecule has 0 saturated carbocycles. The van der Waals surface area contributed by atoms with E-state index >= 15 is 0 Å². The number of amides is 1. The molecule has 2 aromatic rings. The van der Waals surface area contributed by atoms with Gasteiger partial charge in [0, 0.05) is 23.9 Å². The van der Waals surface area contributed by atoms with Crippen molar-refractivity contribution in [3.8, 4) is 5.75 Å². The third-order valence-electron chi connectivity index (χ3n) is 3.51. The van der Waals surface area contributed by atoms with Crippen LogP contribution in [0.25, 0.3) is 0 Å². The van der Waals surface area contributed by atoms with E-state index in [1.165, 1.54) is 18.7 Å². The number of thioether (sulfide) groups is 1. The van der Waals surface area contributed by atoms with E-state index in [2.05, 4.69) is 5.32 Å². The van der Waals surface area contributed by atoms with Gasteiger partial charge in [-0.05, 0) is 43.3 Å². The van der Waals surface area contributed by atoms with E-state index in [-0.39, 0.29) is 17.4 Å². The maximum absolute atomic E-state index is 12.1. The zero-order valence-corrected chi connectivity index (χ0v) is 15.8. The van der Waals surface area contributed by atoms with Crippen LogP contribution in [0.5, 0.6) is 5.75 Å². The maximum Gasteiger partial charge on any atom is 0.321 e. The second kappa shape index (κ2) is 9.20. The van der Waals surface area contributed by atoms with Crippen LogP contribution in [0.2, 0.25) is 0 Å². The van der Waals surface area contributed by atoms with Crippen molar-refractivity contribution in [2.45, 2.75) is 32.1 Å². The third-order valence-corrected chi connectivity index (χ3v) is 4.50. The Morgan fingerprint density at radius 2 is 1.77 bits per heavy atom. The van der Waals surface area contributed by atoms with E-state index in [1.807, 2.05) is 25.1 Å². The van der Waals surface area contributed by atoms with Crippen molar-refractivity contribution in [3.63, 3.8) is 0 Å². The Hall–Kier alpha value is -2.60. The first-order valence-corrected chi connectivity index (χ1v) is 9.22. The van der Waals surface area contributed by atoms with Gasteiger partial charge in [-0.25, -0.2) is 0 Å². The number of ketones is 1. The van der Waals surface area contributed by atoms with Crippen molar-refractivity contribution in [1.29, 1.82) is 0 Å². The number of Topliss-reactive ketones (excluding diaryl/α,β-unsaturated/α-hetero) is 1. The van der Waals surface area contributed by atoms with Gasteiger partial charge in [-0.2, -0.15) is 0 Å². The maximum atomic E-state index is 12.1. The normalized spacial score (nSPS) is 10.3. The van der Waals surface area contributed by atoms with Crippen LogP contribution in [0.15, 0.2) is 47.4 Å². The highest BCUT2D eigenvalue weighted by atomic mass is 32.2. The standard InChI is InChI=1S/C20H21NO4S/c1-4-18(23)17-11-13(2)5-10-19(17)25-20(24)12-26-16-8-6-15(7-9-16)21-14(3)22/h5-11H,4,12H2,1-3H3,(H,21,22). The average Bonchev–Trinajstić information content (AvgIpc) is 2.61. The number of carbonyl (C=O) groups is 3. The molecule has 0 aromatic heterocycles. The molecule has 0 unspecified atom stereocenters. The van der Waals surface area contributed by atoms with Crippen LogP contribution in [0.1, 0.15) is 36.2 Å². The molecule has 2 rings (SSSR count). The highest BCUT2D eigenvalue weighted by Gasteiger charge is 2.14. The lowest BCUT2D eigenvalue weighted by atomic mass is 10.1. The summed E-state index contributed by atoms with van der Waals surface area (Å²) in [6.07, 6.45) is 0.351. The number of ether oxygens (including phenoxy) is 1. The zero-order chi connectivity index (χ0) is 19.1. The number of esters is 1. The summed E-state index contributed by atoms with van der Waals surface area (Å²) in [5.41, 5.74) is 2.08. The highest BCUT2D eigenvalue weighted by molar-refractivity contribution is 8.00. The molecule has 0 atom stereocenters. The number of benzene rings is 2. The summed E-state index contributed by atoms with van der Waals surface area (Å²) in [7, 11) is 0. The van der Waals surface area contributed by atoms with E-state index in [9.17, 15) is 14.4 Å². The summed E-state index contributed by atoms with van der Waals surface area (Å²) >= 11 is 1.33. The largest absolute Gasteiger partial charge is 0.425 e. The van der Waals surface area contributed by atoms with Crippen molar-refractivity contribution in [2.75, 3.05) is 11.1 Å².